The molecule has 1 heterocycles. The largest absolute Gasteiger partial charge is 0.464 e. The van der Waals surface area contributed by atoms with Crippen LogP contribution in [0.3, 0.4) is 0 Å². The van der Waals surface area contributed by atoms with Crippen molar-refractivity contribution in [1.82, 2.24) is 4.98 Å². The summed E-state index contributed by atoms with van der Waals surface area (Å²) in [7, 11) is 0. The molecule has 15 heavy (non-hydrogen) atoms. The minimum Gasteiger partial charge on any atom is -0.464 e. The Balaban J connectivity index is 2.86. The molecule has 0 radical (unpaired) electrons. The molecule has 2 nitrogen and oxygen atoms in total. The lowest BCUT2D eigenvalue weighted by molar-refractivity contribution is -0.190. The highest BCUT2D eigenvalue weighted by Crippen LogP contribution is 2.30. The van der Waals surface area contributed by atoms with Crippen LogP contribution < -0.4 is 4.74 Å². The summed E-state index contributed by atoms with van der Waals surface area (Å²) < 4.78 is 41.7. The van der Waals surface area contributed by atoms with Crippen molar-refractivity contribution in [3.8, 4) is 5.88 Å². The fourth-order valence-corrected chi connectivity index (χ4v) is 1.16. The summed E-state index contributed by atoms with van der Waals surface area (Å²) >= 11 is 3.12. The third kappa shape index (κ3) is 3.09. The molecule has 1 rings (SSSR count). The monoisotopic (exact) mass is 283 g/mol. The molecular weight excluding hydrogens is 275 g/mol. The average molecular weight is 284 g/mol. The van der Waals surface area contributed by atoms with Crippen molar-refractivity contribution in [2.45, 2.75) is 26.1 Å². The van der Waals surface area contributed by atoms with Crippen LogP contribution in [0.2, 0.25) is 0 Å². The molecule has 6 heteroatoms. The summed E-state index contributed by atoms with van der Waals surface area (Å²) in [6.07, 6.45) is -4.85. The van der Waals surface area contributed by atoms with E-state index in [4.69, 9.17) is 4.74 Å². The standard InChI is InChI=1S/C9H9BrF3NO/c1-5-3-4-14-8(7(5)10)15-6(2)9(11,12)13/h3-4,6H,1-2H3. The van der Waals surface area contributed by atoms with E-state index in [2.05, 4.69) is 20.9 Å². The van der Waals surface area contributed by atoms with Crippen LogP contribution in [0.4, 0.5) is 13.2 Å². The SMILES string of the molecule is Cc1ccnc(OC(C)C(F)(F)F)c1Br. The minimum atomic E-state index is -4.38. The zero-order valence-electron chi connectivity index (χ0n) is 8.10. The molecular formula is C9H9BrF3NO. The van der Waals surface area contributed by atoms with E-state index in [1.807, 2.05) is 0 Å². The predicted molar refractivity (Wildman–Crippen MR) is 52.8 cm³/mol. The highest BCUT2D eigenvalue weighted by atomic mass is 79.9. The molecule has 0 amide bonds. The molecule has 0 saturated heterocycles. The van der Waals surface area contributed by atoms with Gasteiger partial charge in [0.1, 0.15) is 0 Å². The molecule has 0 N–H and O–H groups in total. The lowest BCUT2D eigenvalue weighted by Gasteiger charge is -2.17. The number of rotatable bonds is 2. The Bertz CT molecular complexity index is 354. The molecule has 0 saturated carbocycles. The van der Waals surface area contributed by atoms with E-state index in [1.54, 1.807) is 13.0 Å². The first-order valence-electron chi connectivity index (χ1n) is 4.17. The van der Waals surface area contributed by atoms with E-state index in [9.17, 15) is 13.2 Å². The lowest BCUT2D eigenvalue weighted by Crippen LogP contribution is -2.31. The maximum atomic E-state index is 12.2. The Morgan fingerprint density at radius 1 is 1.47 bits per heavy atom. The molecule has 0 aliphatic carbocycles. The third-order valence-corrected chi connectivity index (χ3v) is 2.76. The minimum absolute atomic E-state index is 0.0418. The highest BCUT2D eigenvalue weighted by molar-refractivity contribution is 9.10. The van der Waals surface area contributed by atoms with Gasteiger partial charge in [-0.2, -0.15) is 13.2 Å². The van der Waals surface area contributed by atoms with Crippen LogP contribution in [0.5, 0.6) is 5.88 Å². The molecule has 84 valence electrons. The molecule has 0 spiro atoms. The molecule has 1 unspecified atom stereocenters. The van der Waals surface area contributed by atoms with Gasteiger partial charge in [0.2, 0.25) is 5.88 Å². The van der Waals surface area contributed by atoms with Gasteiger partial charge in [-0.3, -0.25) is 0 Å². The Morgan fingerprint density at radius 3 is 2.60 bits per heavy atom. The summed E-state index contributed by atoms with van der Waals surface area (Å²) in [4.78, 5) is 3.72. The number of halogens is 4. The van der Waals surface area contributed by atoms with Crippen molar-refractivity contribution in [3.63, 3.8) is 0 Å². The van der Waals surface area contributed by atoms with Gasteiger partial charge in [-0.1, -0.05) is 0 Å². The van der Waals surface area contributed by atoms with E-state index in [1.165, 1.54) is 6.20 Å². The number of nitrogens with zero attached hydrogens (tertiary/aromatic N) is 1. The van der Waals surface area contributed by atoms with Gasteiger partial charge in [-0.25, -0.2) is 4.98 Å². The number of aryl methyl sites for hydroxylation is 1. The first-order valence-corrected chi connectivity index (χ1v) is 4.96. The molecule has 0 aliphatic heterocycles. The maximum absolute atomic E-state index is 12.2. The molecule has 0 aromatic carbocycles. The van der Waals surface area contributed by atoms with Gasteiger partial charge in [0.05, 0.1) is 4.47 Å². The topological polar surface area (TPSA) is 22.1 Å². The van der Waals surface area contributed by atoms with Crippen molar-refractivity contribution in [2.24, 2.45) is 0 Å². The van der Waals surface area contributed by atoms with Crippen LogP contribution in [-0.2, 0) is 0 Å². The number of ether oxygens (including phenoxy) is 1. The lowest BCUT2D eigenvalue weighted by atomic mass is 10.3. The van der Waals surface area contributed by atoms with E-state index in [-0.39, 0.29) is 5.88 Å². The Morgan fingerprint density at radius 2 is 2.07 bits per heavy atom. The number of alkyl halides is 3. The Labute approximate surface area is 93.6 Å². The molecule has 1 atom stereocenters. The maximum Gasteiger partial charge on any atom is 0.425 e. The van der Waals surface area contributed by atoms with E-state index in [0.717, 1.165) is 12.5 Å². The Hall–Kier alpha value is -0.780. The molecule has 1 aromatic rings. The summed E-state index contributed by atoms with van der Waals surface area (Å²) in [6.45, 7) is 2.69. The fourth-order valence-electron chi connectivity index (χ4n) is 0.832. The van der Waals surface area contributed by atoms with Gasteiger partial charge in [0.25, 0.3) is 0 Å². The highest BCUT2D eigenvalue weighted by Gasteiger charge is 2.38. The third-order valence-electron chi connectivity index (χ3n) is 1.80. The van der Waals surface area contributed by atoms with Crippen LogP contribution >= 0.6 is 15.9 Å². The van der Waals surface area contributed by atoms with Crippen molar-refractivity contribution in [1.29, 1.82) is 0 Å². The Kier molecular flexibility index (Phi) is 3.59. The van der Waals surface area contributed by atoms with Crippen LogP contribution in [0, 0.1) is 6.92 Å². The van der Waals surface area contributed by atoms with Gasteiger partial charge in [-0.05, 0) is 41.4 Å². The first kappa shape index (κ1) is 12.3. The zero-order valence-corrected chi connectivity index (χ0v) is 9.69. The molecule has 0 fully saturated rings. The predicted octanol–water partition coefficient (Wildman–Crippen LogP) is 3.48. The van der Waals surface area contributed by atoms with Gasteiger partial charge in [0.15, 0.2) is 6.10 Å². The molecule has 0 bridgehead atoms. The van der Waals surface area contributed by atoms with Crippen LogP contribution in [0.1, 0.15) is 12.5 Å². The number of hydrogen-bond acceptors (Lipinski definition) is 2. The van der Waals surface area contributed by atoms with Crippen LogP contribution in [0.25, 0.3) is 0 Å². The first-order chi connectivity index (χ1) is 6.82. The van der Waals surface area contributed by atoms with Gasteiger partial charge < -0.3 is 4.74 Å². The normalized spacial score (nSPS) is 13.7. The summed E-state index contributed by atoms with van der Waals surface area (Å²) in [5.74, 6) is -0.0418. The summed E-state index contributed by atoms with van der Waals surface area (Å²) in [5.41, 5.74) is 0.773. The van der Waals surface area contributed by atoms with E-state index < -0.39 is 12.3 Å². The smallest absolute Gasteiger partial charge is 0.425 e. The summed E-state index contributed by atoms with van der Waals surface area (Å²) in [5, 5.41) is 0. The average Bonchev–Trinajstić information content (AvgIpc) is 2.11. The summed E-state index contributed by atoms with van der Waals surface area (Å²) in [6, 6.07) is 1.68. The second-order valence-electron chi connectivity index (χ2n) is 3.05. The van der Waals surface area contributed by atoms with Crippen molar-refractivity contribution in [3.05, 3.63) is 22.3 Å². The second kappa shape index (κ2) is 4.38. The van der Waals surface area contributed by atoms with E-state index in [0.29, 0.717) is 4.47 Å². The van der Waals surface area contributed by atoms with Gasteiger partial charge in [0, 0.05) is 6.20 Å². The van der Waals surface area contributed by atoms with Crippen molar-refractivity contribution >= 4 is 15.9 Å². The molecule has 1 aromatic heterocycles. The van der Waals surface area contributed by atoms with Gasteiger partial charge >= 0.3 is 6.18 Å². The van der Waals surface area contributed by atoms with Gasteiger partial charge in [-0.15, -0.1) is 0 Å². The second-order valence-corrected chi connectivity index (χ2v) is 3.84. The number of hydrogen-bond donors (Lipinski definition) is 0. The van der Waals surface area contributed by atoms with E-state index >= 15 is 0 Å². The quantitative estimate of drug-likeness (QED) is 0.829. The van der Waals surface area contributed by atoms with Crippen molar-refractivity contribution in [2.75, 3.05) is 0 Å². The van der Waals surface area contributed by atoms with Crippen LogP contribution in [-0.4, -0.2) is 17.3 Å². The zero-order chi connectivity index (χ0) is 11.6. The fraction of sp³-hybridized carbons (Fsp3) is 0.444. The molecule has 0 aliphatic rings. The number of pyridine rings is 1. The van der Waals surface area contributed by atoms with Crippen molar-refractivity contribution < 1.29 is 17.9 Å². The van der Waals surface area contributed by atoms with Crippen LogP contribution in [0.15, 0.2) is 16.7 Å². The number of aromatic nitrogens is 1.